The number of fused-ring (bicyclic) bond motifs is 2. The van der Waals surface area contributed by atoms with Crippen molar-refractivity contribution < 1.29 is 9.21 Å². The molecule has 1 aromatic carbocycles. The topological polar surface area (TPSA) is 45.5 Å². The first kappa shape index (κ1) is 17.3. The van der Waals surface area contributed by atoms with Gasteiger partial charge in [-0.2, -0.15) is 0 Å². The lowest BCUT2D eigenvalue weighted by atomic mass is 9.92. The zero-order valence-electron chi connectivity index (χ0n) is 14.3. The van der Waals surface area contributed by atoms with Crippen LogP contribution in [0.5, 0.6) is 0 Å². The molecule has 0 spiro atoms. The monoisotopic (exact) mass is 348 g/mol. The van der Waals surface area contributed by atoms with Crippen LogP contribution in [0.2, 0.25) is 0 Å². The van der Waals surface area contributed by atoms with Crippen LogP contribution >= 0.6 is 12.4 Å². The summed E-state index contributed by atoms with van der Waals surface area (Å²) in [4.78, 5) is 15.0. The van der Waals surface area contributed by atoms with Crippen molar-refractivity contribution in [1.82, 2.24) is 10.2 Å². The fourth-order valence-corrected chi connectivity index (χ4v) is 4.15. The van der Waals surface area contributed by atoms with Crippen molar-refractivity contribution in [2.45, 2.75) is 26.7 Å². The van der Waals surface area contributed by atoms with Crippen molar-refractivity contribution in [3.8, 4) is 0 Å². The Hall–Kier alpha value is -1.52. The van der Waals surface area contributed by atoms with Crippen LogP contribution in [0.3, 0.4) is 0 Å². The van der Waals surface area contributed by atoms with Gasteiger partial charge in [-0.3, -0.25) is 4.79 Å². The summed E-state index contributed by atoms with van der Waals surface area (Å²) in [5, 5.41) is 4.54. The third-order valence-electron chi connectivity index (χ3n) is 5.66. The standard InChI is InChI=1S/C19H24N2O2.ClH/c1-12-4-3-5-16-13(2)18(23-17(12)16)19(22)21-8-6-14-10-20-11-15(14)7-9-21;/h3-5,14-15,20H,6-11H2,1-2H3;1H/t14-,15+;. The zero-order chi connectivity index (χ0) is 16.0. The number of carbonyl (C=O) groups is 1. The van der Waals surface area contributed by atoms with E-state index >= 15 is 0 Å². The van der Waals surface area contributed by atoms with E-state index in [1.54, 1.807) is 0 Å². The summed E-state index contributed by atoms with van der Waals surface area (Å²) in [6, 6.07) is 6.09. The number of nitrogens with one attached hydrogen (secondary N) is 1. The van der Waals surface area contributed by atoms with Crippen molar-refractivity contribution in [1.29, 1.82) is 0 Å². The number of hydrogen-bond acceptors (Lipinski definition) is 3. The van der Waals surface area contributed by atoms with Gasteiger partial charge >= 0.3 is 0 Å². The Morgan fingerprint density at radius 2 is 1.83 bits per heavy atom. The van der Waals surface area contributed by atoms with Crippen LogP contribution in [-0.4, -0.2) is 37.0 Å². The largest absolute Gasteiger partial charge is 0.450 e. The molecule has 0 unspecified atom stereocenters. The number of nitrogens with zero attached hydrogens (tertiary/aromatic N) is 1. The molecule has 1 aromatic heterocycles. The first-order valence-electron chi connectivity index (χ1n) is 8.64. The molecule has 130 valence electrons. The van der Waals surface area contributed by atoms with Crippen molar-refractivity contribution >= 4 is 29.3 Å². The van der Waals surface area contributed by atoms with E-state index in [-0.39, 0.29) is 18.3 Å². The molecule has 0 saturated carbocycles. The Labute approximate surface area is 149 Å². The Morgan fingerprint density at radius 3 is 2.46 bits per heavy atom. The second kappa shape index (κ2) is 6.77. The molecule has 1 amide bonds. The quantitative estimate of drug-likeness (QED) is 0.857. The van der Waals surface area contributed by atoms with Gasteiger partial charge in [0.2, 0.25) is 0 Å². The van der Waals surface area contributed by atoms with Crippen LogP contribution in [0.25, 0.3) is 11.0 Å². The predicted octanol–water partition coefficient (Wildman–Crippen LogP) is 3.54. The lowest BCUT2D eigenvalue weighted by Gasteiger charge is -2.20. The minimum atomic E-state index is 0. The molecule has 0 bridgehead atoms. The van der Waals surface area contributed by atoms with Gasteiger partial charge in [0, 0.05) is 24.0 Å². The van der Waals surface area contributed by atoms with Gasteiger partial charge in [0.1, 0.15) is 5.58 Å². The maximum absolute atomic E-state index is 13.0. The molecule has 2 aliphatic heterocycles. The van der Waals surface area contributed by atoms with E-state index in [0.717, 1.165) is 73.0 Å². The molecule has 2 aliphatic rings. The number of benzene rings is 1. The normalized spacial score (nSPS) is 23.7. The Balaban J connectivity index is 0.00000169. The highest BCUT2D eigenvalue weighted by molar-refractivity contribution is 5.99. The summed E-state index contributed by atoms with van der Waals surface area (Å²) in [6.45, 7) is 7.92. The number of likely N-dealkylation sites (tertiary alicyclic amines) is 1. The molecular formula is C19H25ClN2O2. The smallest absolute Gasteiger partial charge is 0.289 e. The molecule has 2 aromatic rings. The van der Waals surface area contributed by atoms with E-state index < -0.39 is 0 Å². The first-order chi connectivity index (χ1) is 11.1. The number of amides is 1. The third kappa shape index (κ3) is 2.82. The summed E-state index contributed by atoms with van der Waals surface area (Å²) in [6.07, 6.45) is 2.20. The number of hydrogen-bond donors (Lipinski definition) is 1. The maximum atomic E-state index is 13.0. The van der Waals surface area contributed by atoms with Crippen molar-refractivity contribution in [3.63, 3.8) is 0 Å². The lowest BCUT2D eigenvalue weighted by molar-refractivity contribution is 0.0728. The van der Waals surface area contributed by atoms with Crippen molar-refractivity contribution in [2.75, 3.05) is 26.2 Å². The van der Waals surface area contributed by atoms with Gasteiger partial charge in [-0.05, 0) is 57.2 Å². The third-order valence-corrected chi connectivity index (χ3v) is 5.66. The molecule has 2 saturated heterocycles. The Bertz CT molecular complexity index is 741. The van der Waals surface area contributed by atoms with Gasteiger partial charge < -0.3 is 14.6 Å². The zero-order valence-corrected chi connectivity index (χ0v) is 15.1. The SMILES string of the molecule is Cc1c(C(=O)N2CC[C@@H]3CNC[C@@H]3CC2)oc2c(C)cccc12.Cl. The first-order valence-corrected chi connectivity index (χ1v) is 8.64. The van der Waals surface area contributed by atoms with E-state index in [4.69, 9.17) is 4.42 Å². The lowest BCUT2D eigenvalue weighted by Crippen LogP contribution is -2.32. The van der Waals surface area contributed by atoms with E-state index in [2.05, 4.69) is 5.32 Å². The summed E-state index contributed by atoms with van der Waals surface area (Å²) >= 11 is 0. The van der Waals surface area contributed by atoms with E-state index in [0.29, 0.717) is 5.76 Å². The van der Waals surface area contributed by atoms with Gasteiger partial charge in [-0.15, -0.1) is 12.4 Å². The van der Waals surface area contributed by atoms with Crippen LogP contribution < -0.4 is 5.32 Å². The van der Waals surface area contributed by atoms with Gasteiger partial charge in [0.15, 0.2) is 5.76 Å². The molecule has 3 heterocycles. The molecular weight excluding hydrogens is 324 g/mol. The van der Waals surface area contributed by atoms with Crippen molar-refractivity contribution in [3.05, 3.63) is 35.1 Å². The molecule has 5 heteroatoms. The second-order valence-electron chi connectivity index (χ2n) is 7.06. The van der Waals surface area contributed by atoms with E-state index in [1.807, 2.05) is 36.9 Å². The van der Waals surface area contributed by atoms with Crippen LogP contribution in [0.15, 0.2) is 22.6 Å². The molecule has 2 atom stereocenters. The molecule has 24 heavy (non-hydrogen) atoms. The minimum absolute atomic E-state index is 0. The number of furan rings is 1. The van der Waals surface area contributed by atoms with Gasteiger partial charge in [-0.25, -0.2) is 0 Å². The maximum Gasteiger partial charge on any atom is 0.289 e. The number of para-hydroxylation sites is 1. The van der Waals surface area contributed by atoms with Gasteiger partial charge in [0.05, 0.1) is 0 Å². The molecule has 1 N–H and O–H groups in total. The minimum Gasteiger partial charge on any atom is -0.450 e. The fourth-order valence-electron chi connectivity index (χ4n) is 4.15. The van der Waals surface area contributed by atoms with E-state index in [1.165, 1.54) is 0 Å². The van der Waals surface area contributed by atoms with Crippen LogP contribution in [0, 0.1) is 25.7 Å². The average molecular weight is 349 g/mol. The Morgan fingerprint density at radius 1 is 1.17 bits per heavy atom. The molecule has 0 aliphatic carbocycles. The van der Waals surface area contributed by atoms with Gasteiger partial charge in [0.25, 0.3) is 5.91 Å². The van der Waals surface area contributed by atoms with Crippen LogP contribution in [0.1, 0.15) is 34.5 Å². The second-order valence-corrected chi connectivity index (χ2v) is 7.06. The van der Waals surface area contributed by atoms with Crippen LogP contribution in [0.4, 0.5) is 0 Å². The number of carbonyl (C=O) groups excluding carboxylic acids is 1. The summed E-state index contributed by atoms with van der Waals surface area (Å²) in [5.41, 5.74) is 2.91. The highest BCUT2D eigenvalue weighted by atomic mass is 35.5. The fraction of sp³-hybridized carbons (Fsp3) is 0.526. The van der Waals surface area contributed by atoms with Gasteiger partial charge in [-0.1, -0.05) is 18.2 Å². The van der Waals surface area contributed by atoms with Crippen molar-refractivity contribution in [2.24, 2.45) is 11.8 Å². The van der Waals surface area contributed by atoms with Crippen LogP contribution in [-0.2, 0) is 0 Å². The number of halogens is 1. The highest BCUT2D eigenvalue weighted by Gasteiger charge is 2.33. The molecule has 2 fully saturated rings. The Kier molecular flexibility index (Phi) is 4.88. The molecule has 4 nitrogen and oxygen atoms in total. The van der Waals surface area contributed by atoms with E-state index in [9.17, 15) is 4.79 Å². The summed E-state index contributed by atoms with van der Waals surface area (Å²) in [5.74, 6) is 2.05. The summed E-state index contributed by atoms with van der Waals surface area (Å²) < 4.78 is 5.98. The average Bonchev–Trinajstić information content (AvgIpc) is 3.07. The molecule has 4 rings (SSSR count). The summed E-state index contributed by atoms with van der Waals surface area (Å²) in [7, 11) is 0. The molecule has 0 radical (unpaired) electrons. The number of aryl methyl sites for hydroxylation is 2. The number of rotatable bonds is 1. The highest BCUT2D eigenvalue weighted by Crippen LogP contribution is 2.31. The predicted molar refractivity (Wildman–Crippen MR) is 97.9 cm³/mol.